The number of hydrogen-bond donors (Lipinski definition) is 1. The Morgan fingerprint density at radius 3 is 2.87 bits per heavy atom. The van der Waals surface area contributed by atoms with Crippen LogP contribution < -0.4 is 5.73 Å². The smallest absolute Gasteiger partial charge is 0.357 e. The van der Waals surface area contributed by atoms with Crippen molar-refractivity contribution in [3.63, 3.8) is 0 Å². The van der Waals surface area contributed by atoms with Gasteiger partial charge in [-0.05, 0) is 25.5 Å². The second-order valence-electron chi connectivity index (χ2n) is 3.48. The van der Waals surface area contributed by atoms with E-state index < -0.39 is 5.97 Å². The lowest BCUT2D eigenvalue weighted by atomic mass is 10.2. The molecule has 4 heteroatoms. The highest BCUT2D eigenvalue weighted by Crippen LogP contribution is 2.07. The van der Waals surface area contributed by atoms with E-state index in [2.05, 4.69) is 4.98 Å². The van der Waals surface area contributed by atoms with E-state index in [9.17, 15) is 4.79 Å². The van der Waals surface area contributed by atoms with E-state index in [1.54, 1.807) is 12.1 Å². The van der Waals surface area contributed by atoms with Gasteiger partial charge in [0.25, 0.3) is 0 Å². The van der Waals surface area contributed by atoms with Gasteiger partial charge in [0.2, 0.25) is 0 Å². The highest BCUT2D eigenvalue weighted by atomic mass is 16.5. The summed E-state index contributed by atoms with van der Waals surface area (Å²) in [5.74, 6) is -0.393. The van der Waals surface area contributed by atoms with Crippen molar-refractivity contribution in [1.29, 1.82) is 0 Å². The fraction of sp³-hybridized carbons (Fsp3) is 0.455. The van der Waals surface area contributed by atoms with Crippen LogP contribution in [0.25, 0.3) is 0 Å². The Morgan fingerprint density at radius 2 is 2.33 bits per heavy atom. The summed E-state index contributed by atoms with van der Waals surface area (Å²) in [5.41, 5.74) is 6.29. The van der Waals surface area contributed by atoms with Crippen molar-refractivity contribution in [2.45, 2.75) is 32.8 Å². The fourth-order valence-corrected chi connectivity index (χ4v) is 1.23. The van der Waals surface area contributed by atoms with E-state index in [1.165, 1.54) is 6.20 Å². The summed E-state index contributed by atoms with van der Waals surface area (Å²) < 4.78 is 5.17. The van der Waals surface area contributed by atoms with Crippen LogP contribution in [0.15, 0.2) is 18.3 Å². The lowest BCUT2D eigenvalue weighted by molar-refractivity contribution is 0.0316. The van der Waals surface area contributed by atoms with Crippen molar-refractivity contribution in [3.05, 3.63) is 24.0 Å². The number of rotatable bonds is 4. The lowest BCUT2D eigenvalue weighted by Crippen LogP contribution is -2.15. The van der Waals surface area contributed by atoms with E-state index >= 15 is 0 Å². The van der Waals surface area contributed by atoms with Crippen molar-refractivity contribution in [2.75, 3.05) is 5.73 Å². The topological polar surface area (TPSA) is 65.2 Å². The number of esters is 1. The highest BCUT2D eigenvalue weighted by molar-refractivity contribution is 5.87. The average Bonchev–Trinajstić information content (AvgIpc) is 2.18. The number of hydrogen-bond acceptors (Lipinski definition) is 4. The quantitative estimate of drug-likeness (QED) is 0.769. The van der Waals surface area contributed by atoms with Gasteiger partial charge >= 0.3 is 5.97 Å². The van der Waals surface area contributed by atoms with Crippen LogP contribution in [0.1, 0.15) is 37.2 Å². The fourth-order valence-electron chi connectivity index (χ4n) is 1.23. The SMILES string of the molecule is CCCC(C)OC(=O)c1ccc(N)cn1. The Bertz CT molecular complexity index is 322. The molecule has 0 spiro atoms. The molecule has 1 rings (SSSR count). The predicted octanol–water partition coefficient (Wildman–Crippen LogP) is 2.01. The first-order valence-electron chi connectivity index (χ1n) is 5.06. The summed E-state index contributed by atoms with van der Waals surface area (Å²) in [5, 5.41) is 0. The minimum atomic E-state index is -0.393. The third kappa shape index (κ3) is 3.58. The minimum absolute atomic E-state index is 0.0677. The van der Waals surface area contributed by atoms with Gasteiger partial charge in [0.05, 0.1) is 18.0 Å². The van der Waals surface area contributed by atoms with Gasteiger partial charge < -0.3 is 10.5 Å². The minimum Gasteiger partial charge on any atom is -0.458 e. The standard InChI is InChI=1S/C11H16N2O2/c1-3-4-8(2)15-11(14)10-6-5-9(12)7-13-10/h5-8H,3-4,12H2,1-2H3. The molecular weight excluding hydrogens is 192 g/mol. The normalized spacial score (nSPS) is 12.1. The maximum atomic E-state index is 11.5. The number of pyridine rings is 1. The first kappa shape index (κ1) is 11.5. The molecule has 15 heavy (non-hydrogen) atoms. The number of nitrogen functional groups attached to an aromatic ring is 1. The number of aromatic nitrogens is 1. The molecule has 0 saturated carbocycles. The maximum absolute atomic E-state index is 11.5. The van der Waals surface area contributed by atoms with Crippen molar-refractivity contribution < 1.29 is 9.53 Å². The highest BCUT2D eigenvalue weighted by Gasteiger charge is 2.12. The van der Waals surface area contributed by atoms with Gasteiger partial charge in [0.1, 0.15) is 5.69 Å². The van der Waals surface area contributed by atoms with Crippen LogP contribution in [0.3, 0.4) is 0 Å². The molecule has 1 aromatic rings. The molecule has 1 heterocycles. The molecule has 1 unspecified atom stereocenters. The van der Waals surface area contributed by atoms with Crippen LogP contribution in [0, 0.1) is 0 Å². The molecule has 0 radical (unpaired) electrons. The maximum Gasteiger partial charge on any atom is 0.357 e. The second kappa shape index (κ2) is 5.34. The van der Waals surface area contributed by atoms with Gasteiger partial charge in [-0.2, -0.15) is 0 Å². The zero-order valence-corrected chi connectivity index (χ0v) is 9.06. The van der Waals surface area contributed by atoms with Crippen molar-refractivity contribution in [1.82, 2.24) is 4.98 Å². The molecule has 0 fully saturated rings. The largest absolute Gasteiger partial charge is 0.458 e. The summed E-state index contributed by atoms with van der Waals surface area (Å²) in [7, 11) is 0. The third-order valence-electron chi connectivity index (χ3n) is 2.00. The molecule has 2 N–H and O–H groups in total. The first-order valence-corrected chi connectivity index (χ1v) is 5.06. The summed E-state index contributed by atoms with van der Waals surface area (Å²) in [6, 6.07) is 3.20. The third-order valence-corrected chi connectivity index (χ3v) is 2.00. The molecule has 0 amide bonds. The summed E-state index contributed by atoms with van der Waals surface area (Å²) >= 11 is 0. The number of ether oxygens (including phenoxy) is 1. The molecule has 1 aromatic heterocycles. The Labute approximate surface area is 89.5 Å². The Morgan fingerprint density at radius 1 is 1.60 bits per heavy atom. The van der Waals surface area contributed by atoms with E-state index in [4.69, 9.17) is 10.5 Å². The van der Waals surface area contributed by atoms with E-state index in [-0.39, 0.29) is 6.10 Å². The number of nitrogens with two attached hydrogens (primary N) is 1. The summed E-state index contributed by atoms with van der Waals surface area (Å²) in [6.45, 7) is 3.92. The number of carbonyl (C=O) groups excluding carboxylic acids is 1. The zero-order valence-electron chi connectivity index (χ0n) is 9.06. The van der Waals surface area contributed by atoms with Crippen LogP contribution in [-0.4, -0.2) is 17.1 Å². The molecule has 0 aromatic carbocycles. The molecule has 4 nitrogen and oxygen atoms in total. The predicted molar refractivity (Wildman–Crippen MR) is 58.4 cm³/mol. The molecule has 0 aliphatic rings. The summed E-state index contributed by atoms with van der Waals surface area (Å²) in [6.07, 6.45) is 3.23. The molecule has 0 bridgehead atoms. The number of nitrogens with zero attached hydrogens (tertiary/aromatic N) is 1. The van der Waals surface area contributed by atoms with E-state index in [0.29, 0.717) is 11.4 Å². The Kier molecular flexibility index (Phi) is 4.09. The van der Waals surface area contributed by atoms with Crippen LogP contribution in [-0.2, 0) is 4.74 Å². The number of anilines is 1. The van der Waals surface area contributed by atoms with E-state index in [0.717, 1.165) is 12.8 Å². The van der Waals surface area contributed by atoms with Gasteiger partial charge in [-0.3, -0.25) is 0 Å². The van der Waals surface area contributed by atoms with Crippen LogP contribution in [0.4, 0.5) is 5.69 Å². The summed E-state index contributed by atoms with van der Waals surface area (Å²) in [4.78, 5) is 15.4. The molecule has 0 saturated heterocycles. The van der Waals surface area contributed by atoms with Gasteiger partial charge in [0.15, 0.2) is 0 Å². The molecule has 1 atom stereocenters. The number of carbonyl (C=O) groups is 1. The van der Waals surface area contributed by atoms with Crippen LogP contribution in [0.2, 0.25) is 0 Å². The average molecular weight is 208 g/mol. The van der Waals surface area contributed by atoms with Gasteiger partial charge in [-0.15, -0.1) is 0 Å². The Hall–Kier alpha value is -1.58. The van der Waals surface area contributed by atoms with Crippen LogP contribution in [0.5, 0.6) is 0 Å². The van der Waals surface area contributed by atoms with Gasteiger partial charge in [-0.25, -0.2) is 9.78 Å². The van der Waals surface area contributed by atoms with Gasteiger partial charge in [0, 0.05) is 0 Å². The molecular formula is C11H16N2O2. The first-order chi connectivity index (χ1) is 7.13. The molecule has 82 valence electrons. The zero-order chi connectivity index (χ0) is 11.3. The Balaban J connectivity index is 2.57. The lowest BCUT2D eigenvalue weighted by Gasteiger charge is -2.11. The van der Waals surface area contributed by atoms with Gasteiger partial charge in [-0.1, -0.05) is 13.3 Å². The molecule has 0 aliphatic carbocycles. The van der Waals surface area contributed by atoms with E-state index in [1.807, 2.05) is 13.8 Å². The van der Waals surface area contributed by atoms with Crippen molar-refractivity contribution in [3.8, 4) is 0 Å². The van der Waals surface area contributed by atoms with Crippen LogP contribution >= 0.6 is 0 Å². The van der Waals surface area contributed by atoms with Crippen molar-refractivity contribution in [2.24, 2.45) is 0 Å². The molecule has 0 aliphatic heterocycles. The monoisotopic (exact) mass is 208 g/mol. The second-order valence-corrected chi connectivity index (χ2v) is 3.48. The van der Waals surface area contributed by atoms with Crippen molar-refractivity contribution >= 4 is 11.7 Å².